The normalized spacial score (nSPS) is 10.9. The fourth-order valence-electron chi connectivity index (χ4n) is 2.28. The van der Waals surface area contributed by atoms with E-state index in [1.165, 1.54) is 30.0 Å². The van der Waals surface area contributed by atoms with E-state index in [4.69, 9.17) is 9.52 Å². The van der Waals surface area contributed by atoms with Gasteiger partial charge in [0, 0.05) is 11.4 Å². The molecule has 0 aliphatic carbocycles. The second-order valence-corrected chi connectivity index (χ2v) is 6.20. The van der Waals surface area contributed by atoms with E-state index in [0.717, 1.165) is 6.07 Å². The summed E-state index contributed by atoms with van der Waals surface area (Å²) in [7, 11) is 0. The molecular formula is C17H15F3N4O2S. The number of halogens is 3. The predicted molar refractivity (Wildman–Crippen MR) is 96.7 cm³/mol. The predicted octanol–water partition coefficient (Wildman–Crippen LogP) is 4.02. The third-order valence-electron chi connectivity index (χ3n) is 3.57. The van der Waals surface area contributed by atoms with Gasteiger partial charge in [0.05, 0.1) is 23.5 Å². The van der Waals surface area contributed by atoms with E-state index in [1.54, 1.807) is 12.3 Å². The van der Waals surface area contributed by atoms with Gasteiger partial charge >= 0.3 is 6.01 Å². The van der Waals surface area contributed by atoms with Gasteiger partial charge in [-0.15, -0.1) is 16.9 Å². The van der Waals surface area contributed by atoms with E-state index in [1.807, 2.05) is 0 Å². The summed E-state index contributed by atoms with van der Waals surface area (Å²) in [5.41, 5.74) is -0.299. The summed E-state index contributed by atoms with van der Waals surface area (Å²) in [5, 5.41) is 21.5. The minimum absolute atomic E-state index is 0.00485. The lowest BCUT2D eigenvalue weighted by molar-refractivity contribution is 0.309. The quantitative estimate of drug-likeness (QED) is 0.520. The van der Waals surface area contributed by atoms with Crippen molar-refractivity contribution in [2.24, 2.45) is 0 Å². The van der Waals surface area contributed by atoms with Gasteiger partial charge in [0.2, 0.25) is 0 Å². The summed E-state index contributed by atoms with van der Waals surface area (Å²) in [6, 6.07) is 6.53. The molecule has 0 unspecified atom stereocenters. The number of aliphatic hydroxyl groups excluding tert-OH is 1. The second-order valence-electron chi connectivity index (χ2n) is 5.32. The Morgan fingerprint density at radius 3 is 2.63 bits per heavy atom. The molecule has 0 saturated carbocycles. The van der Waals surface area contributed by atoms with Crippen molar-refractivity contribution in [3.63, 3.8) is 0 Å². The zero-order valence-corrected chi connectivity index (χ0v) is 14.9. The van der Waals surface area contributed by atoms with Crippen LogP contribution in [0.4, 0.5) is 30.6 Å². The number of hydrogen-bond acceptors (Lipinski definition) is 7. The Hall–Kier alpha value is -2.72. The van der Waals surface area contributed by atoms with Crippen molar-refractivity contribution < 1.29 is 22.7 Å². The Morgan fingerprint density at radius 1 is 1.11 bits per heavy atom. The van der Waals surface area contributed by atoms with Crippen LogP contribution >= 0.6 is 11.8 Å². The molecule has 0 atom stereocenters. The van der Waals surface area contributed by atoms with Gasteiger partial charge in [-0.1, -0.05) is 5.10 Å². The lowest BCUT2D eigenvalue weighted by Gasteiger charge is -2.13. The molecular weight excluding hydrogens is 381 g/mol. The van der Waals surface area contributed by atoms with Crippen molar-refractivity contribution in [3.05, 3.63) is 47.8 Å². The van der Waals surface area contributed by atoms with Crippen molar-refractivity contribution in [3.8, 4) is 11.5 Å². The first kappa shape index (κ1) is 19.1. The summed E-state index contributed by atoms with van der Waals surface area (Å²) >= 11 is 1.35. The van der Waals surface area contributed by atoms with E-state index in [2.05, 4.69) is 20.8 Å². The average Bonchev–Trinajstić information content (AvgIpc) is 3.14. The van der Waals surface area contributed by atoms with E-state index >= 15 is 0 Å². The van der Waals surface area contributed by atoms with Crippen LogP contribution in [0.15, 0.2) is 39.6 Å². The van der Waals surface area contributed by atoms with Crippen LogP contribution in [0.5, 0.6) is 0 Å². The fraction of sp³-hybridized carbons (Fsp3) is 0.176. The van der Waals surface area contributed by atoms with Crippen LogP contribution in [-0.2, 0) is 0 Å². The highest BCUT2D eigenvalue weighted by molar-refractivity contribution is 7.98. The zero-order chi connectivity index (χ0) is 19.4. The Labute approximate surface area is 156 Å². The van der Waals surface area contributed by atoms with E-state index in [-0.39, 0.29) is 42.0 Å². The Morgan fingerprint density at radius 2 is 1.93 bits per heavy atom. The van der Waals surface area contributed by atoms with Crippen LogP contribution in [-0.4, -0.2) is 34.7 Å². The lowest BCUT2D eigenvalue weighted by atomic mass is 10.1. The maximum absolute atomic E-state index is 14.4. The van der Waals surface area contributed by atoms with Gasteiger partial charge in [-0.3, -0.25) is 0 Å². The van der Waals surface area contributed by atoms with Crippen LogP contribution in [0.1, 0.15) is 0 Å². The Bertz CT molecular complexity index is 952. The van der Waals surface area contributed by atoms with Gasteiger partial charge in [-0.25, -0.2) is 13.2 Å². The smallest absolute Gasteiger partial charge is 0.315 e. The second kappa shape index (κ2) is 8.31. The molecule has 0 aliphatic rings. The number of nitrogens with one attached hydrogen (secondary N) is 2. The van der Waals surface area contributed by atoms with Gasteiger partial charge in [0.15, 0.2) is 11.6 Å². The maximum Gasteiger partial charge on any atom is 0.315 e. The first-order valence-corrected chi connectivity index (χ1v) is 9.03. The van der Waals surface area contributed by atoms with Gasteiger partial charge in [0.25, 0.3) is 5.89 Å². The molecule has 1 heterocycles. The van der Waals surface area contributed by atoms with Crippen molar-refractivity contribution in [1.29, 1.82) is 0 Å². The summed E-state index contributed by atoms with van der Waals surface area (Å²) < 4.78 is 47.8. The highest BCUT2D eigenvalue weighted by Gasteiger charge is 2.20. The van der Waals surface area contributed by atoms with E-state index in [0.29, 0.717) is 4.90 Å². The zero-order valence-electron chi connectivity index (χ0n) is 14.1. The summed E-state index contributed by atoms with van der Waals surface area (Å²) in [5.74, 6) is -3.03. The fourth-order valence-corrected chi connectivity index (χ4v) is 2.70. The van der Waals surface area contributed by atoms with Crippen molar-refractivity contribution in [2.45, 2.75) is 4.90 Å². The standard InChI is InChI=1S/C17H15F3N4O2S/c1-27-9-2-5-13(12(19)8-9)22-15-10(3-4-11(18)14(15)20)16-23-24-17(26-16)21-6-7-25/h2-5,8,22,25H,6-7H2,1H3,(H,21,24). The first-order valence-electron chi connectivity index (χ1n) is 7.80. The highest BCUT2D eigenvalue weighted by atomic mass is 32.2. The van der Waals surface area contributed by atoms with Gasteiger partial charge < -0.3 is 20.2 Å². The number of thioether (sulfide) groups is 1. The molecule has 3 rings (SSSR count). The summed E-state index contributed by atoms with van der Waals surface area (Å²) in [6.45, 7) is 0.0263. The summed E-state index contributed by atoms with van der Waals surface area (Å²) in [4.78, 5) is 0.689. The third kappa shape index (κ3) is 4.17. The number of anilines is 3. The molecule has 0 aliphatic heterocycles. The minimum atomic E-state index is -1.20. The molecule has 0 saturated heterocycles. The number of hydrogen-bond donors (Lipinski definition) is 3. The van der Waals surface area contributed by atoms with E-state index in [9.17, 15) is 13.2 Å². The molecule has 27 heavy (non-hydrogen) atoms. The number of aliphatic hydroxyl groups is 1. The molecule has 2 aromatic carbocycles. The monoisotopic (exact) mass is 396 g/mol. The van der Waals surface area contributed by atoms with Crippen LogP contribution in [0.2, 0.25) is 0 Å². The first-order chi connectivity index (χ1) is 13.0. The molecule has 3 aromatic rings. The van der Waals surface area contributed by atoms with Gasteiger partial charge in [-0.05, 0) is 36.6 Å². The molecule has 0 fully saturated rings. The summed E-state index contributed by atoms with van der Waals surface area (Å²) in [6.07, 6.45) is 1.80. The number of benzene rings is 2. The van der Waals surface area contributed by atoms with Crippen molar-refractivity contribution in [2.75, 3.05) is 30.0 Å². The molecule has 0 spiro atoms. The molecule has 10 heteroatoms. The number of aromatic nitrogens is 2. The molecule has 0 amide bonds. The maximum atomic E-state index is 14.4. The molecule has 0 radical (unpaired) electrons. The van der Waals surface area contributed by atoms with Crippen LogP contribution < -0.4 is 10.6 Å². The minimum Gasteiger partial charge on any atom is -0.403 e. The van der Waals surface area contributed by atoms with Crippen molar-refractivity contribution in [1.82, 2.24) is 10.2 Å². The molecule has 3 N–H and O–H groups in total. The SMILES string of the molecule is CSc1ccc(Nc2c(-c3nnc(NCCO)o3)ccc(F)c2F)c(F)c1. The Kier molecular flexibility index (Phi) is 5.87. The average molecular weight is 396 g/mol. The van der Waals surface area contributed by atoms with Gasteiger partial charge in [-0.2, -0.15) is 0 Å². The van der Waals surface area contributed by atoms with Crippen molar-refractivity contribution >= 4 is 29.2 Å². The number of rotatable bonds is 7. The molecule has 1 aromatic heterocycles. The van der Waals surface area contributed by atoms with E-state index < -0.39 is 17.5 Å². The lowest BCUT2D eigenvalue weighted by Crippen LogP contribution is -2.05. The van der Waals surface area contributed by atoms with Crippen LogP contribution in [0, 0.1) is 17.5 Å². The van der Waals surface area contributed by atoms with Crippen LogP contribution in [0.25, 0.3) is 11.5 Å². The van der Waals surface area contributed by atoms with Crippen LogP contribution in [0.3, 0.4) is 0 Å². The topological polar surface area (TPSA) is 83.2 Å². The number of nitrogens with zero attached hydrogens (tertiary/aromatic N) is 2. The third-order valence-corrected chi connectivity index (χ3v) is 4.30. The molecule has 0 bridgehead atoms. The largest absolute Gasteiger partial charge is 0.403 e. The molecule has 142 valence electrons. The molecule has 6 nitrogen and oxygen atoms in total. The Balaban J connectivity index is 1.99. The van der Waals surface area contributed by atoms with Gasteiger partial charge in [0.1, 0.15) is 5.82 Å². The highest BCUT2D eigenvalue weighted by Crippen LogP contribution is 2.35.